The molecule has 0 radical (unpaired) electrons. The number of aromatic nitrogens is 1. The third kappa shape index (κ3) is 4.64. The Morgan fingerprint density at radius 1 is 1.16 bits per heavy atom. The van der Waals surface area contributed by atoms with Crippen molar-refractivity contribution in [1.82, 2.24) is 10.0 Å². The maximum absolute atomic E-state index is 13.9. The third-order valence-electron chi connectivity index (χ3n) is 6.54. The predicted octanol–water partition coefficient (Wildman–Crippen LogP) is 4.53. The lowest BCUT2D eigenvalue weighted by molar-refractivity contribution is -0.183. The van der Waals surface area contributed by atoms with Crippen LogP contribution in [0.4, 0.5) is 4.39 Å². The van der Waals surface area contributed by atoms with E-state index >= 15 is 0 Å². The zero-order valence-corrected chi connectivity index (χ0v) is 18.1. The smallest absolute Gasteiger partial charge is 0.249 e. The van der Waals surface area contributed by atoms with Crippen molar-refractivity contribution in [1.29, 1.82) is 10.5 Å². The van der Waals surface area contributed by atoms with Crippen LogP contribution in [0, 0.1) is 47.2 Å². The van der Waals surface area contributed by atoms with Crippen LogP contribution in [0.1, 0.15) is 66.1 Å². The average Bonchev–Trinajstić information content (AvgIpc) is 3.30. The van der Waals surface area contributed by atoms with E-state index in [0.29, 0.717) is 30.1 Å². The highest BCUT2D eigenvalue weighted by Gasteiger charge is 2.37. The predicted molar refractivity (Wildman–Crippen MR) is 114 cm³/mol. The molecule has 32 heavy (non-hydrogen) atoms. The van der Waals surface area contributed by atoms with Crippen LogP contribution in [-0.4, -0.2) is 22.6 Å². The summed E-state index contributed by atoms with van der Waals surface area (Å²) in [5.74, 6) is -0.213. The largest absolute Gasteiger partial charge is 0.272 e. The Hall–Kier alpha value is -3.29. The first-order valence-electron chi connectivity index (χ1n) is 11.0. The minimum Gasteiger partial charge on any atom is -0.272 e. The van der Waals surface area contributed by atoms with Crippen LogP contribution >= 0.6 is 0 Å². The van der Waals surface area contributed by atoms with Crippen molar-refractivity contribution in [2.45, 2.75) is 51.5 Å². The topological polar surface area (TPSA) is 90.0 Å². The van der Waals surface area contributed by atoms with E-state index in [2.05, 4.69) is 11.1 Å². The summed E-state index contributed by atoms with van der Waals surface area (Å²) in [5.41, 5.74) is 3.25. The highest BCUT2D eigenvalue weighted by molar-refractivity contribution is 5.78. The number of nitrogens with zero attached hydrogens (tertiary/aromatic N) is 4. The van der Waals surface area contributed by atoms with Crippen molar-refractivity contribution in [2.24, 2.45) is 11.8 Å². The van der Waals surface area contributed by atoms with E-state index in [9.17, 15) is 14.4 Å². The van der Waals surface area contributed by atoms with Crippen LogP contribution in [0.3, 0.4) is 0 Å². The average molecular weight is 432 g/mol. The number of halogens is 1. The van der Waals surface area contributed by atoms with Crippen molar-refractivity contribution in [3.05, 3.63) is 64.2 Å². The molecule has 0 bridgehead atoms. The molecule has 164 valence electrons. The number of carbonyl (C=O) groups excluding carboxylic acids is 1. The van der Waals surface area contributed by atoms with Gasteiger partial charge >= 0.3 is 0 Å². The molecular formula is C25H25FN4O2. The molecule has 2 fully saturated rings. The zero-order chi connectivity index (χ0) is 22.7. The maximum atomic E-state index is 13.9. The number of amides is 1. The molecule has 1 atom stereocenters. The summed E-state index contributed by atoms with van der Waals surface area (Å²) in [4.78, 5) is 23.2. The molecule has 6 nitrogen and oxygen atoms in total. The fourth-order valence-corrected chi connectivity index (χ4v) is 4.79. The number of aryl methyl sites for hydroxylation is 1. The first-order valence-corrected chi connectivity index (χ1v) is 11.0. The Kier molecular flexibility index (Phi) is 6.48. The number of benzene rings is 1. The first-order chi connectivity index (χ1) is 15.5. The molecule has 4 rings (SSSR count). The van der Waals surface area contributed by atoms with Crippen molar-refractivity contribution in [3.63, 3.8) is 0 Å². The lowest BCUT2D eigenvalue weighted by Gasteiger charge is -2.32. The van der Waals surface area contributed by atoms with Gasteiger partial charge in [0, 0.05) is 18.5 Å². The van der Waals surface area contributed by atoms with Gasteiger partial charge in [-0.05, 0) is 80.3 Å². The molecular weight excluding hydrogens is 407 g/mol. The Labute approximate surface area is 187 Å². The van der Waals surface area contributed by atoms with Gasteiger partial charge < -0.3 is 0 Å². The number of hydroxylamine groups is 2. The fraction of sp³-hybridized carbons (Fsp3) is 0.440. The molecule has 1 aromatic carbocycles. The van der Waals surface area contributed by atoms with Gasteiger partial charge in [-0.3, -0.25) is 14.6 Å². The first kappa shape index (κ1) is 21.9. The molecule has 1 amide bonds. The van der Waals surface area contributed by atoms with E-state index in [1.54, 1.807) is 6.07 Å². The summed E-state index contributed by atoms with van der Waals surface area (Å²) in [7, 11) is 0. The second kappa shape index (κ2) is 9.46. The van der Waals surface area contributed by atoms with Crippen LogP contribution in [0.5, 0.6) is 0 Å². The quantitative estimate of drug-likeness (QED) is 0.708. The van der Waals surface area contributed by atoms with E-state index in [0.717, 1.165) is 43.4 Å². The van der Waals surface area contributed by atoms with Gasteiger partial charge in [-0.15, -0.1) is 0 Å². The summed E-state index contributed by atoms with van der Waals surface area (Å²) >= 11 is 0. The van der Waals surface area contributed by atoms with Gasteiger partial charge in [0.2, 0.25) is 5.91 Å². The zero-order valence-electron chi connectivity index (χ0n) is 18.1. The molecule has 0 unspecified atom stereocenters. The highest BCUT2D eigenvalue weighted by Crippen LogP contribution is 2.37. The van der Waals surface area contributed by atoms with E-state index in [1.165, 1.54) is 17.2 Å². The van der Waals surface area contributed by atoms with Gasteiger partial charge in [-0.25, -0.2) is 9.45 Å². The van der Waals surface area contributed by atoms with E-state index in [-0.39, 0.29) is 23.4 Å². The number of carbonyl (C=O) groups is 1. The summed E-state index contributed by atoms with van der Waals surface area (Å²) in [6.07, 6.45) is 6.65. The number of hydrogen-bond acceptors (Lipinski definition) is 5. The van der Waals surface area contributed by atoms with Crippen LogP contribution < -0.4 is 0 Å². The molecule has 1 aromatic heterocycles. The standard InChI is InChI=1S/C25H25FN4O2/c1-16-22(14-28)10-19(15-29-16)8-17-2-4-20(5-3-17)25(31)30-24(6-7-32-30)21-9-18(13-27)11-23(26)12-21/h9-12,15,17,20,24H,2-8H2,1H3/t17-,20-,24-/m0/s1. The number of hydrogen-bond donors (Lipinski definition) is 0. The fourth-order valence-electron chi connectivity index (χ4n) is 4.79. The SMILES string of the molecule is Cc1ncc(C[C@H]2CC[C@H](C(=O)N3OCC[C@H]3c3cc(F)cc(C#N)c3)CC2)cc1C#N. The van der Waals surface area contributed by atoms with Gasteiger partial charge in [0.1, 0.15) is 11.9 Å². The summed E-state index contributed by atoms with van der Waals surface area (Å²) < 4.78 is 13.9. The van der Waals surface area contributed by atoms with Crippen LogP contribution in [0.2, 0.25) is 0 Å². The highest BCUT2D eigenvalue weighted by atomic mass is 19.1. The third-order valence-corrected chi connectivity index (χ3v) is 6.54. The van der Waals surface area contributed by atoms with Crippen molar-refractivity contribution in [2.75, 3.05) is 6.61 Å². The summed E-state index contributed by atoms with van der Waals surface area (Å²) in [6, 6.07) is 9.90. The van der Waals surface area contributed by atoms with E-state index < -0.39 is 5.82 Å². The number of pyridine rings is 1. The van der Waals surface area contributed by atoms with Crippen LogP contribution in [0.25, 0.3) is 0 Å². The number of rotatable bonds is 4. The van der Waals surface area contributed by atoms with Crippen molar-refractivity contribution in [3.8, 4) is 12.1 Å². The van der Waals surface area contributed by atoms with Gasteiger partial charge in [-0.1, -0.05) is 0 Å². The minimum absolute atomic E-state index is 0.0579. The molecule has 2 heterocycles. The maximum Gasteiger partial charge on any atom is 0.249 e. The lowest BCUT2D eigenvalue weighted by atomic mass is 9.79. The van der Waals surface area contributed by atoms with E-state index in [1.807, 2.05) is 25.3 Å². The molecule has 2 aromatic rings. The molecule has 1 saturated carbocycles. The van der Waals surface area contributed by atoms with Gasteiger partial charge in [0.25, 0.3) is 0 Å². The van der Waals surface area contributed by atoms with Gasteiger partial charge in [0.05, 0.1) is 35.5 Å². The Morgan fingerprint density at radius 2 is 1.94 bits per heavy atom. The second-order valence-electron chi connectivity index (χ2n) is 8.70. The molecule has 1 aliphatic carbocycles. The molecule has 2 aliphatic rings. The second-order valence-corrected chi connectivity index (χ2v) is 8.70. The van der Waals surface area contributed by atoms with Crippen molar-refractivity contribution < 1.29 is 14.0 Å². The van der Waals surface area contributed by atoms with Crippen molar-refractivity contribution >= 4 is 5.91 Å². The normalized spacial score (nSPS) is 22.9. The monoisotopic (exact) mass is 432 g/mol. The van der Waals surface area contributed by atoms with E-state index in [4.69, 9.17) is 10.1 Å². The van der Waals surface area contributed by atoms with Gasteiger partial charge in [0.15, 0.2) is 0 Å². The Balaban J connectivity index is 1.38. The number of nitriles is 2. The molecule has 7 heteroatoms. The Bertz CT molecular complexity index is 1100. The summed E-state index contributed by atoms with van der Waals surface area (Å²) in [5, 5.41) is 19.8. The lowest BCUT2D eigenvalue weighted by Crippen LogP contribution is -2.36. The molecule has 0 N–H and O–H groups in total. The minimum atomic E-state index is -0.482. The summed E-state index contributed by atoms with van der Waals surface area (Å²) in [6.45, 7) is 2.23. The molecule has 1 saturated heterocycles. The van der Waals surface area contributed by atoms with Crippen LogP contribution in [0.15, 0.2) is 30.5 Å². The molecule has 0 spiro atoms. The van der Waals surface area contributed by atoms with Crippen LogP contribution in [-0.2, 0) is 16.1 Å². The Morgan fingerprint density at radius 3 is 2.66 bits per heavy atom. The molecule has 1 aliphatic heterocycles. The van der Waals surface area contributed by atoms with Gasteiger partial charge in [-0.2, -0.15) is 10.5 Å².